The van der Waals surface area contributed by atoms with E-state index in [1.54, 1.807) is 55.9 Å². The minimum absolute atomic E-state index is 0.121. The van der Waals surface area contributed by atoms with Crippen molar-refractivity contribution in [2.75, 3.05) is 13.7 Å². The first-order valence-corrected chi connectivity index (χ1v) is 47.2. The minimum Gasteiger partial charge on any atom is -0.497 e. The van der Waals surface area contributed by atoms with Crippen molar-refractivity contribution in [1.29, 1.82) is 0 Å². The van der Waals surface area contributed by atoms with Crippen LogP contribution < -0.4 is 10.5 Å². The van der Waals surface area contributed by atoms with E-state index in [9.17, 15) is 24.3 Å². The van der Waals surface area contributed by atoms with Gasteiger partial charge in [-0.1, -0.05) is 509 Å². The van der Waals surface area contributed by atoms with Gasteiger partial charge in [0, 0.05) is 18.7 Å². The van der Waals surface area contributed by atoms with Crippen molar-refractivity contribution in [3.05, 3.63) is 352 Å². The minimum atomic E-state index is -0.291. The maximum Gasteiger partial charge on any atom is 0.419 e. The number of ketones is 1. The first kappa shape index (κ1) is 139. The molecule has 0 radical (unpaired) electrons. The van der Waals surface area contributed by atoms with E-state index in [4.69, 9.17) is 9.15 Å². The number of carbonyl (C=O) groups is 3. The summed E-state index contributed by atoms with van der Waals surface area (Å²) in [5.41, 5.74) is 11.4. The quantitative estimate of drug-likeness (QED) is 0.0956. The molecule has 9 nitrogen and oxygen atoms in total. The van der Waals surface area contributed by atoms with Crippen molar-refractivity contribution >= 4 is 28.7 Å². The number of benzene rings is 10. The van der Waals surface area contributed by atoms with E-state index in [2.05, 4.69) is 170 Å². The van der Waals surface area contributed by atoms with Crippen molar-refractivity contribution in [1.82, 2.24) is 9.47 Å². The number of ether oxygens (including phenoxy) is 1. The van der Waals surface area contributed by atoms with Crippen LogP contribution in [0.5, 0.6) is 5.75 Å². The van der Waals surface area contributed by atoms with Gasteiger partial charge in [-0.2, -0.15) is 0 Å². The third kappa shape index (κ3) is 74.4. The Hall–Kier alpha value is -9.96. The molecule has 1 N–H and O–H groups in total. The summed E-state index contributed by atoms with van der Waals surface area (Å²) >= 11 is 0. The molecule has 0 aliphatic carbocycles. The third-order valence-electron chi connectivity index (χ3n) is 14.8. The Morgan fingerprint density at radius 1 is 0.366 bits per heavy atom. The number of amides is 2. The van der Waals surface area contributed by atoms with Gasteiger partial charge in [-0.05, 0) is 129 Å². The molecular formula is C114H186N2O7. The normalized spacial score (nSPS) is 9.17. The zero-order chi connectivity index (χ0) is 97.4. The monoisotopic (exact) mass is 1700 g/mol. The van der Waals surface area contributed by atoms with Gasteiger partial charge in [0.15, 0.2) is 11.4 Å². The molecule has 0 fully saturated rings. The number of oxazole rings is 1. The third-order valence-corrected chi connectivity index (χ3v) is 14.8. The Bertz CT molecular complexity index is 3670. The Morgan fingerprint density at radius 3 is 0.943 bits per heavy atom. The summed E-state index contributed by atoms with van der Waals surface area (Å²) in [5, 5.41) is 9.33. The van der Waals surface area contributed by atoms with Crippen molar-refractivity contribution in [3.8, 4) is 5.75 Å². The zero-order valence-corrected chi connectivity index (χ0v) is 86.2. The van der Waals surface area contributed by atoms with Crippen molar-refractivity contribution in [2.24, 2.45) is 0 Å². The fourth-order valence-electron chi connectivity index (χ4n) is 9.02. The molecule has 2 heterocycles. The number of fused-ring (bicyclic) bond motifs is 2. The molecule has 0 saturated heterocycles. The van der Waals surface area contributed by atoms with Crippen LogP contribution in [0.4, 0.5) is 0 Å². The first-order valence-electron chi connectivity index (χ1n) is 47.2. The predicted molar refractivity (Wildman–Crippen MR) is 557 cm³/mol. The number of Topliss-reactive ketones (excluding diaryl/α,β-unsaturated/α-hetero) is 1. The lowest BCUT2D eigenvalue weighted by Gasteiger charge is -2.08. The van der Waals surface area contributed by atoms with Crippen LogP contribution in [-0.4, -0.2) is 45.8 Å². The number of nitrogens with zero attached hydrogens (tertiary/aromatic N) is 2. The van der Waals surface area contributed by atoms with Crippen LogP contribution in [0, 0.1) is 6.92 Å². The Kier molecular flexibility index (Phi) is 129. The van der Waals surface area contributed by atoms with Crippen LogP contribution in [0.2, 0.25) is 0 Å². The highest BCUT2D eigenvalue weighted by Crippen LogP contribution is 2.22. The second-order valence-electron chi connectivity index (χ2n) is 22.3. The lowest BCUT2D eigenvalue weighted by molar-refractivity contribution is 0.0662. The van der Waals surface area contributed by atoms with E-state index in [-0.39, 0.29) is 29.5 Å². The van der Waals surface area contributed by atoms with Crippen LogP contribution >= 0.6 is 0 Å². The largest absolute Gasteiger partial charge is 0.497 e. The summed E-state index contributed by atoms with van der Waals surface area (Å²) < 4.78 is 11.5. The fourth-order valence-corrected chi connectivity index (χ4v) is 9.02. The average molecular weight is 1700 g/mol. The Labute approximate surface area is 760 Å². The van der Waals surface area contributed by atoms with Crippen LogP contribution in [0.1, 0.15) is 365 Å². The molecule has 2 atom stereocenters. The van der Waals surface area contributed by atoms with Gasteiger partial charge in [0.05, 0.1) is 29.9 Å². The van der Waals surface area contributed by atoms with Gasteiger partial charge in [-0.15, -0.1) is 0 Å². The predicted octanol–water partition coefficient (Wildman–Crippen LogP) is 35.9. The van der Waals surface area contributed by atoms with Gasteiger partial charge < -0.3 is 14.3 Å². The van der Waals surface area contributed by atoms with E-state index in [1.165, 1.54) is 52.0 Å². The number of methoxy groups -OCH3 is 1. The Morgan fingerprint density at radius 2 is 0.675 bits per heavy atom. The molecule has 0 saturated carbocycles. The van der Waals surface area contributed by atoms with Gasteiger partial charge in [-0.25, -0.2) is 4.79 Å². The highest BCUT2D eigenvalue weighted by molar-refractivity contribution is 6.21. The van der Waals surface area contributed by atoms with E-state index in [0.717, 1.165) is 35.2 Å². The van der Waals surface area contributed by atoms with E-state index < -0.39 is 0 Å². The number of aryl methyl sites for hydroxylation is 4. The molecule has 11 aromatic rings. The number of aliphatic hydroxyl groups excluding tert-OH is 1. The second-order valence-corrected chi connectivity index (χ2v) is 22.3. The number of para-hydroxylation sites is 3. The van der Waals surface area contributed by atoms with Crippen LogP contribution in [0.15, 0.2) is 300 Å². The van der Waals surface area contributed by atoms with Gasteiger partial charge in [0.2, 0.25) is 0 Å². The van der Waals surface area contributed by atoms with Crippen LogP contribution in [0.3, 0.4) is 0 Å². The molecule has 9 heteroatoms. The molecule has 12 rings (SSSR count). The fraction of sp³-hybridized carbons (Fsp3) is 0.439. The summed E-state index contributed by atoms with van der Waals surface area (Å²) in [5.74, 6) is 1.76. The second kappa shape index (κ2) is 114. The molecule has 0 spiro atoms. The number of imide groups is 1. The molecule has 10 aromatic carbocycles. The topological polar surface area (TPSA) is 119 Å². The molecule has 694 valence electrons. The molecule has 1 aliphatic heterocycles. The summed E-state index contributed by atoms with van der Waals surface area (Å²) in [4.78, 5) is 46.2. The standard InChI is InChI=1S/C10H9NO2.C10H14.C9H9NO2.C9H12O.2C9H12.C8H8O.C8H10.C7H8O.C7H8.14C2H6/c1-2-11-9(12)7-5-3-4-6-8(7)10(11)13;1-3-9(2)10-7-5-4-6-8-10;1-2-10-7-5-3-4-6-8(7)12-9(10)11;1-2-9(10)8-6-4-3-5-7-8;1-8(2)9-6-4-3-5-7-9;1-2-6-9-7-4-3-5-8-9;1-7(9)8-5-3-2-4-6-8;1-2-8-6-4-3-5-7-8;1-8-7-5-3-2-4-6-7;1-7-5-3-2-4-6-7;14*1-2/h3-6H,2H2,1H3;4-9H,3H2,1-2H3;3-6H,2H2,1H3;3-7,9-10H,2H2,1H3;3-8H,1-2H3;3-5,7-8H,2,6H2,1H3;2-6H,1H3;3-7H,2H2,1H3;2-6H,1H3;2-6H,1H3;14*1-2H3. The smallest absolute Gasteiger partial charge is 0.419 e. The average Bonchev–Trinajstić information content (AvgIpc) is 1.64. The summed E-state index contributed by atoms with van der Waals surface area (Å²) in [6, 6.07) is 95.4. The van der Waals surface area contributed by atoms with Crippen molar-refractivity contribution < 1.29 is 28.6 Å². The molecule has 2 amide bonds. The van der Waals surface area contributed by atoms with E-state index in [0.29, 0.717) is 41.6 Å². The summed E-state index contributed by atoms with van der Waals surface area (Å²) in [6.45, 7) is 79.7. The highest BCUT2D eigenvalue weighted by atomic mass is 16.5. The number of hydrogen-bond donors (Lipinski definition) is 1. The summed E-state index contributed by atoms with van der Waals surface area (Å²) in [7, 11) is 1.66. The number of carbonyl (C=O) groups excluding carboxylic acids is 3. The van der Waals surface area contributed by atoms with Crippen LogP contribution in [-0.2, 0) is 19.4 Å². The SMILES string of the molecule is CC.CC.CC.CC.CC.CC.CC.CC.CC.CC.CC.CC.CC.CC.CC(=O)c1ccccc1.CC(C)c1ccccc1.CCC(C)c1ccccc1.CCC(O)c1ccccc1.CCCc1ccccc1.CCN1C(=O)c2ccccc2C1=O.CCc1ccccc1.CCn1c(=O)oc2ccccc21.COc1ccccc1.Cc1ccccc1. The lowest BCUT2D eigenvalue weighted by Crippen LogP contribution is -2.29. The van der Waals surface area contributed by atoms with Crippen LogP contribution in [0.25, 0.3) is 11.1 Å². The molecule has 2 unspecified atom stereocenters. The summed E-state index contributed by atoms with van der Waals surface area (Å²) in [6.07, 6.45) is 5.31. The Balaban J connectivity index is -0.000000108. The number of hydrogen-bond acceptors (Lipinski definition) is 7. The first-order chi connectivity index (χ1) is 60.1. The molecule has 1 aromatic heterocycles. The van der Waals surface area contributed by atoms with Gasteiger partial charge >= 0.3 is 5.76 Å². The molecule has 0 bridgehead atoms. The van der Waals surface area contributed by atoms with E-state index >= 15 is 0 Å². The van der Waals surface area contributed by atoms with Gasteiger partial charge in [0.25, 0.3) is 11.8 Å². The highest BCUT2D eigenvalue weighted by Gasteiger charge is 2.33. The molecule has 123 heavy (non-hydrogen) atoms. The van der Waals surface area contributed by atoms with E-state index in [1.807, 2.05) is 347 Å². The van der Waals surface area contributed by atoms with Gasteiger partial charge in [-0.3, -0.25) is 23.9 Å². The number of rotatable bonds is 12. The lowest BCUT2D eigenvalue weighted by atomic mass is 9.99. The maximum atomic E-state index is 11.5. The van der Waals surface area contributed by atoms with Gasteiger partial charge in [0.1, 0.15) is 5.75 Å². The molecular weight excluding hydrogens is 1510 g/mol. The maximum absolute atomic E-state index is 11.5. The van der Waals surface area contributed by atoms with Crippen molar-refractivity contribution in [2.45, 2.75) is 327 Å². The van der Waals surface area contributed by atoms with Crippen molar-refractivity contribution in [3.63, 3.8) is 0 Å². The number of aliphatic hydroxyl groups is 1. The number of aromatic nitrogens is 1. The zero-order valence-electron chi connectivity index (χ0n) is 86.2. The molecule has 1 aliphatic rings.